The summed E-state index contributed by atoms with van der Waals surface area (Å²) in [5.41, 5.74) is 4.98. The topological polar surface area (TPSA) is 50.4 Å². The lowest BCUT2D eigenvalue weighted by atomic mass is 9.76. The molecule has 0 radical (unpaired) electrons. The number of hydrogen-bond acceptors (Lipinski definition) is 3. The van der Waals surface area contributed by atoms with Gasteiger partial charge < -0.3 is 0 Å². The second kappa shape index (κ2) is 7.12. The summed E-state index contributed by atoms with van der Waals surface area (Å²) >= 11 is 0. The van der Waals surface area contributed by atoms with Crippen molar-refractivity contribution < 1.29 is 9.63 Å². The van der Waals surface area contributed by atoms with Crippen LogP contribution < -0.4 is 10.8 Å². The van der Waals surface area contributed by atoms with Crippen LogP contribution in [0.15, 0.2) is 91.0 Å². The van der Waals surface area contributed by atoms with Crippen LogP contribution in [0.5, 0.6) is 0 Å². The Morgan fingerprint density at radius 1 is 0.769 bits per heavy atom. The fraction of sp³-hybridized carbons (Fsp3) is 0.136. The van der Waals surface area contributed by atoms with Crippen LogP contribution in [0.3, 0.4) is 0 Å². The van der Waals surface area contributed by atoms with Crippen molar-refractivity contribution in [2.24, 2.45) is 0 Å². The minimum absolute atomic E-state index is 0.155. The predicted octanol–water partition coefficient (Wildman–Crippen LogP) is 3.00. The van der Waals surface area contributed by atoms with Crippen molar-refractivity contribution in [3.8, 4) is 0 Å². The van der Waals surface area contributed by atoms with Crippen molar-refractivity contribution >= 4 is 5.91 Å². The first kappa shape index (κ1) is 16.5. The maximum absolute atomic E-state index is 12.2. The normalized spacial score (nSPS) is 17.1. The average Bonchev–Trinajstić information content (AvgIpc) is 3.12. The molecule has 1 atom stereocenters. The molecule has 1 fully saturated rings. The summed E-state index contributed by atoms with van der Waals surface area (Å²) in [6.07, 6.45) is 0. The molecule has 3 aromatic rings. The Morgan fingerprint density at radius 2 is 1.19 bits per heavy atom. The van der Waals surface area contributed by atoms with E-state index < -0.39 is 11.6 Å². The van der Waals surface area contributed by atoms with E-state index in [0.29, 0.717) is 0 Å². The zero-order valence-electron chi connectivity index (χ0n) is 14.3. The molecule has 130 valence electrons. The van der Waals surface area contributed by atoms with Gasteiger partial charge in [-0.15, -0.1) is 0 Å². The van der Waals surface area contributed by atoms with Gasteiger partial charge in [0.25, 0.3) is 5.91 Å². The Hall–Kier alpha value is -2.95. The van der Waals surface area contributed by atoms with Gasteiger partial charge >= 0.3 is 0 Å². The number of rotatable bonds is 5. The third-order valence-electron chi connectivity index (χ3n) is 4.75. The van der Waals surface area contributed by atoms with Gasteiger partial charge in [0.15, 0.2) is 0 Å². The monoisotopic (exact) mass is 344 g/mol. The van der Waals surface area contributed by atoms with Crippen molar-refractivity contribution in [3.63, 3.8) is 0 Å². The molecule has 0 spiro atoms. The lowest BCUT2D eigenvalue weighted by molar-refractivity contribution is -0.125. The minimum atomic E-state index is -0.667. The number of hydrogen-bond donors (Lipinski definition) is 2. The highest BCUT2D eigenvalue weighted by atomic mass is 16.7. The Morgan fingerprint density at radius 3 is 1.54 bits per heavy atom. The van der Waals surface area contributed by atoms with Gasteiger partial charge in [-0.2, -0.15) is 0 Å². The summed E-state index contributed by atoms with van der Waals surface area (Å²) in [6.45, 7) is 0.285. The fourth-order valence-electron chi connectivity index (χ4n) is 3.53. The van der Waals surface area contributed by atoms with Gasteiger partial charge in [0.2, 0.25) is 0 Å². The first-order chi connectivity index (χ1) is 12.8. The highest BCUT2D eigenvalue weighted by Crippen LogP contribution is 2.37. The molecule has 4 nitrogen and oxygen atoms in total. The van der Waals surface area contributed by atoms with Crippen molar-refractivity contribution in [2.45, 2.75) is 11.6 Å². The van der Waals surface area contributed by atoms with Crippen LogP contribution in [0.1, 0.15) is 16.7 Å². The van der Waals surface area contributed by atoms with E-state index >= 15 is 0 Å². The van der Waals surface area contributed by atoms with E-state index in [1.807, 2.05) is 54.6 Å². The average molecular weight is 344 g/mol. The summed E-state index contributed by atoms with van der Waals surface area (Å²) in [5.74, 6) is -0.155. The van der Waals surface area contributed by atoms with Gasteiger partial charge in [-0.3, -0.25) is 14.9 Å². The van der Waals surface area contributed by atoms with Gasteiger partial charge in [-0.05, 0) is 16.7 Å². The minimum Gasteiger partial charge on any atom is -0.287 e. The smallest absolute Gasteiger partial charge is 0.263 e. The molecule has 1 aliphatic heterocycles. The highest BCUT2D eigenvalue weighted by molar-refractivity contribution is 5.82. The predicted molar refractivity (Wildman–Crippen MR) is 100 cm³/mol. The maximum atomic E-state index is 12.2. The van der Waals surface area contributed by atoms with Crippen molar-refractivity contribution in [3.05, 3.63) is 108 Å². The number of benzene rings is 3. The van der Waals surface area contributed by atoms with Gasteiger partial charge in [0.1, 0.15) is 6.04 Å². The van der Waals surface area contributed by atoms with Crippen molar-refractivity contribution in [1.82, 2.24) is 10.8 Å². The van der Waals surface area contributed by atoms with Gasteiger partial charge in [0, 0.05) is 0 Å². The lowest BCUT2D eigenvalue weighted by Gasteiger charge is -2.38. The van der Waals surface area contributed by atoms with Crippen LogP contribution >= 0.6 is 0 Å². The molecule has 1 amide bonds. The fourth-order valence-corrected chi connectivity index (χ4v) is 3.53. The van der Waals surface area contributed by atoms with Gasteiger partial charge in [-0.25, -0.2) is 5.48 Å². The van der Waals surface area contributed by atoms with E-state index in [0.717, 1.165) is 16.7 Å². The summed E-state index contributed by atoms with van der Waals surface area (Å²) in [7, 11) is 0. The van der Waals surface area contributed by atoms with Crippen LogP contribution in [0.4, 0.5) is 0 Å². The molecular formula is C22H20N2O2. The summed E-state index contributed by atoms with van der Waals surface area (Å²) in [5, 5.41) is 3.59. The molecular weight excluding hydrogens is 324 g/mol. The quantitative estimate of drug-likeness (QED) is 0.700. The van der Waals surface area contributed by atoms with Crippen LogP contribution in [0.2, 0.25) is 0 Å². The van der Waals surface area contributed by atoms with E-state index in [2.05, 4.69) is 47.2 Å². The molecule has 0 unspecified atom stereocenters. The summed E-state index contributed by atoms with van der Waals surface area (Å²) < 4.78 is 0. The van der Waals surface area contributed by atoms with E-state index in [4.69, 9.17) is 4.84 Å². The molecule has 0 saturated carbocycles. The van der Waals surface area contributed by atoms with E-state index in [1.165, 1.54) is 0 Å². The molecule has 26 heavy (non-hydrogen) atoms. The number of carbonyl (C=O) groups is 1. The van der Waals surface area contributed by atoms with Crippen LogP contribution in [-0.2, 0) is 15.2 Å². The van der Waals surface area contributed by atoms with Crippen LogP contribution in [-0.4, -0.2) is 18.6 Å². The summed E-state index contributed by atoms with van der Waals surface area (Å²) in [6, 6.07) is 30.1. The second-order valence-corrected chi connectivity index (χ2v) is 6.32. The Kier molecular flexibility index (Phi) is 4.52. The first-order valence-corrected chi connectivity index (χ1v) is 8.66. The molecule has 2 N–H and O–H groups in total. The molecule has 1 saturated heterocycles. The van der Waals surface area contributed by atoms with Crippen molar-refractivity contribution in [2.75, 3.05) is 6.61 Å². The molecule has 0 bridgehead atoms. The maximum Gasteiger partial charge on any atom is 0.263 e. The Balaban J connectivity index is 1.95. The van der Waals surface area contributed by atoms with E-state index in [1.54, 1.807) is 0 Å². The largest absolute Gasteiger partial charge is 0.287 e. The van der Waals surface area contributed by atoms with E-state index in [-0.39, 0.29) is 12.5 Å². The Bertz CT molecular complexity index is 770. The lowest BCUT2D eigenvalue weighted by Crippen LogP contribution is -2.53. The molecule has 1 aliphatic rings. The zero-order chi connectivity index (χ0) is 17.8. The third kappa shape index (κ3) is 2.90. The van der Waals surface area contributed by atoms with E-state index in [9.17, 15) is 4.79 Å². The highest BCUT2D eigenvalue weighted by Gasteiger charge is 2.41. The summed E-state index contributed by atoms with van der Waals surface area (Å²) in [4.78, 5) is 17.4. The number of amides is 1. The Labute approximate surface area is 152 Å². The molecule has 4 heteroatoms. The second-order valence-electron chi connectivity index (χ2n) is 6.32. The molecule has 3 aromatic carbocycles. The van der Waals surface area contributed by atoms with Crippen molar-refractivity contribution in [1.29, 1.82) is 0 Å². The molecule has 0 aliphatic carbocycles. The molecule has 4 rings (SSSR count). The number of nitrogens with one attached hydrogen (secondary N) is 2. The van der Waals surface area contributed by atoms with Crippen LogP contribution in [0.25, 0.3) is 0 Å². The molecule has 1 heterocycles. The standard InChI is InChI=1S/C22H20N2O2/c25-21-20(16-26-24-21)23-22(17-10-4-1-5-11-17,18-12-6-2-7-13-18)19-14-8-3-9-15-19/h1-15,20,23H,16H2,(H,24,25)/t20-/m0/s1. The van der Waals surface area contributed by atoms with Gasteiger partial charge in [-0.1, -0.05) is 91.0 Å². The number of carbonyl (C=O) groups excluding carboxylic acids is 1. The third-order valence-corrected chi connectivity index (χ3v) is 4.75. The molecule has 0 aromatic heterocycles. The van der Waals surface area contributed by atoms with Crippen LogP contribution in [0, 0.1) is 0 Å². The first-order valence-electron chi connectivity index (χ1n) is 8.66. The zero-order valence-corrected chi connectivity index (χ0v) is 14.3. The van der Waals surface area contributed by atoms with Gasteiger partial charge in [0.05, 0.1) is 12.1 Å². The number of hydroxylamine groups is 1. The SMILES string of the molecule is O=C1NOC[C@@H]1NC(c1ccccc1)(c1ccccc1)c1ccccc1.